The lowest BCUT2D eigenvalue weighted by Gasteiger charge is -2.63. The van der Waals surface area contributed by atoms with Gasteiger partial charge >= 0.3 is 12.1 Å². The number of ether oxygens (including phenoxy) is 2. The van der Waals surface area contributed by atoms with Gasteiger partial charge in [-0.25, -0.2) is 9.79 Å². The minimum atomic E-state index is -0.623. The fraction of sp³-hybridized carbons (Fsp3) is 0.640. The molecular weight excluding hydrogens is 424 g/mol. The van der Waals surface area contributed by atoms with E-state index >= 15 is 0 Å². The van der Waals surface area contributed by atoms with Crippen molar-refractivity contribution in [1.82, 2.24) is 4.90 Å². The van der Waals surface area contributed by atoms with E-state index in [4.69, 9.17) is 14.5 Å². The number of likely N-dealkylation sites (tertiary alicyclic amines) is 1. The van der Waals surface area contributed by atoms with E-state index in [1.54, 1.807) is 18.7 Å². The number of rotatable bonds is 3. The van der Waals surface area contributed by atoms with Crippen molar-refractivity contribution in [2.75, 3.05) is 6.61 Å². The van der Waals surface area contributed by atoms with Gasteiger partial charge in [0.25, 0.3) is 0 Å². The number of para-hydroxylation sites is 1. The van der Waals surface area contributed by atoms with E-state index in [-0.39, 0.29) is 41.2 Å². The van der Waals surface area contributed by atoms with Crippen molar-refractivity contribution in [3.05, 3.63) is 29.8 Å². The van der Waals surface area contributed by atoms with Crippen molar-refractivity contribution in [2.45, 2.75) is 89.7 Å². The average Bonchev–Trinajstić information content (AvgIpc) is 3.00. The smallest absolute Gasteiger partial charge is 0.410 e. The fourth-order valence-corrected chi connectivity index (χ4v) is 7.24. The number of esters is 1. The van der Waals surface area contributed by atoms with Gasteiger partial charge in [-0.1, -0.05) is 39.0 Å². The van der Waals surface area contributed by atoms with Crippen molar-refractivity contribution >= 4 is 34.6 Å². The van der Waals surface area contributed by atoms with Gasteiger partial charge in [-0.2, -0.15) is 0 Å². The van der Waals surface area contributed by atoms with E-state index in [0.717, 1.165) is 17.2 Å². The topological polar surface area (TPSA) is 68.2 Å². The standard InChI is InChI=1S/C25H34N2O4S/c1-8-30-20(28)13-19-24(6,7)25-14-18(27(19)22(29)31-23(3,4)5)15(2)32-21(25)26-17-12-10-9-11-16(17)25/h9-12,15,18-19H,8,13-14H2,1-7H3/t15-,18+,19-,25+/m1/s1. The predicted octanol–water partition coefficient (Wildman–Crippen LogP) is 5.46. The van der Waals surface area contributed by atoms with Crippen LogP contribution in [0.4, 0.5) is 10.5 Å². The highest BCUT2D eigenvalue weighted by molar-refractivity contribution is 8.14. The molecule has 3 aliphatic rings. The Labute approximate surface area is 195 Å². The van der Waals surface area contributed by atoms with E-state index in [1.807, 2.05) is 31.7 Å². The SMILES string of the molecule is CCOC(=O)C[C@H]1N(C(=O)OC(C)(C)C)[C@H]2C[C@]3(C(=Nc4ccccc43)S[C@@H]2C)C1(C)C. The molecule has 1 aromatic rings. The maximum Gasteiger partial charge on any atom is 0.410 e. The van der Waals surface area contributed by atoms with Crippen molar-refractivity contribution < 1.29 is 19.1 Å². The molecule has 3 heterocycles. The number of thioether (sulfide) groups is 1. The molecule has 4 atom stereocenters. The molecule has 1 spiro atoms. The summed E-state index contributed by atoms with van der Waals surface area (Å²) in [5.74, 6) is -0.291. The third-order valence-corrected chi connectivity index (χ3v) is 8.55. The van der Waals surface area contributed by atoms with Gasteiger partial charge in [0.05, 0.1) is 35.2 Å². The second-order valence-electron chi connectivity index (χ2n) is 10.6. The number of carbonyl (C=O) groups excluding carboxylic acids is 2. The summed E-state index contributed by atoms with van der Waals surface area (Å²) in [7, 11) is 0. The molecule has 0 aliphatic carbocycles. The van der Waals surface area contributed by atoms with Gasteiger partial charge in [0.15, 0.2) is 0 Å². The Kier molecular flexibility index (Phi) is 5.63. The van der Waals surface area contributed by atoms with Crippen molar-refractivity contribution in [3.8, 4) is 0 Å². The zero-order chi connectivity index (χ0) is 23.5. The third kappa shape index (κ3) is 3.44. The Hall–Kier alpha value is -2.02. The summed E-state index contributed by atoms with van der Waals surface area (Å²) in [6.07, 6.45) is 0.534. The average molecular weight is 459 g/mol. The molecule has 0 N–H and O–H groups in total. The van der Waals surface area contributed by atoms with Gasteiger partial charge in [0.2, 0.25) is 0 Å². The summed E-state index contributed by atoms with van der Waals surface area (Å²) >= 11 is 1.75. The molecule has 174 valence electrons. The molecule has 1 aromatic carbocycles. The summed E-state index contributed by atoms with van der Waals surface area (Å²) in [5, 5.41) is 1.23. The summed E-state index contributed by atoms with van der Waals surface area (Å²) in [5.41, 5.74) is 0.758. The highest BCUT2D eigenvalue weighted by atomic mass is 32.2. The molecule has 4 rings (SSSR count). The zero-order valence-corrected chi connectivity index (χ0v) is 20.9. The molecule has 6 nitrogen and oxygen atoms in total. The lowest BCUT2D eigenvalue weighted by atomic mass is 9.53. The van der Waals surface area contributed by atoms with Gasteiger partial charge in [-0.05, 0) is 45.7 Å². The van der Waals surface area contributed by atoms with Gasteiger partial charge in [-0.3, -0.25) is 9.69 Å². The first-order valence-electron chi connectivity index (χ1n) is 11.4. The van der Waals surface area contributed by atoms with Crippen molar-refractivity contribution in [2.24, 2.45) is 10.4 Å². The second-order valence-corrected chi connectivity index (χ2v) is 11.9. The number of hydrogen-bond acceptors (Lipinski definition) is 6. The van der Waals surface area contributed by atoms with Crippen LogP contribution >= 0.6 is 11.8 Å². The minimum absolute atomic E-state index is 0.0765. The van der Waals surface area contributed by atoms with E-state index in [2.05, 4.69) is 39.0 Å². The second kappa shape index (κ2) is 7.79. The molecule has 3 aliphatic heterocycles. The lowest BCUT2D eigenvalue weighted by molar-refractivity contribution is -0.148. The Bertz CT molecular complexity index is 967. The Morgan fingerprint density at radius 2 is 1.94 bits per heavy atom. The molecule has 32 heavy (non-hydrogen) atoms. The van der Waals surface area contributed by atoms with E-state index < -0.39 is 11.0 Å². The summed E-state index contributed by atoms with van der Waals surface area (Å²) < 4.78 is 11.2. The van der Waals surface area contributed by atoms with E-state index in [1.165, 1.54) is 5.56 Å². The van der Waals surface area contributed by atoms with Crippen LogP contribution in [0.3, 0.4) is 0 Å². The predicted molar refractivity (Wildman–Crippen MR) is 128 cm³/mol. The lowest BCUT2D eigenvalue weighted by Crippen LogP contribution is -2.71. The number of hydrogen-bond donors (Lipinski definition) is 0. The molecule has 0 saturated carbocycles. The number of piperidine rings is 1. The Balaban J connectivity index is 1.86. The summed E-state index contributed by atoms with van der Waals surface area (Å²) in [4.78, 5) is 33.2. The van der Waals surface area contributed by atoms with E-state index in [9.17, 15) is 9.59 Å². The van der Waals surface area contributed by atoms with Crippen molar-refractivity contribution in [3.63, 3.8) is 0 Å². The zero-order valence-electron chi connectivity index (χ0n) is 20.1. The number of fused-ring (bicyclic) bond motifs is 2. The molecular formula is C25H34N2O4S. The van der Waals surface area contributed by atoms with Crippen molar-refractivity contribution in [1.29, 1.82) is 0 Å². The first-order chi connectivity index (χ1) is 14.9. The van der Waals surface area contributed by atoms with Crippen LogP contribution in [-0.2, 0) is 19.7 Å². The van der Waals surface area contributed by atoms with E-state index in [0.29, 0.717) is 6.61 Å². The molecule has 7 heteroatoms. The van der Waals surface area contributed by atoms with Gasteiger partial charge < -0.3 is 9.47 Å². The molecule has 2 fully saturated rings. The molecule has 2 saturated heterocycles. The highest BCUT2D eigenvalue weighted by Gasteiger charge is 2.67. The number of carbonyl (C=O) groups is 2. The van der Waals surface area contributed by atoms with Crippen LogP contribution in [-0.4, -0.2) is 51.5 Å². The van der Waals surface area contributed by atoms with Crippen LogP contribution in [0.1, 0.15) is 66.9 Å². The molecule has 0 aromatic heterocycles. The minimum Gasteiger partial charge on any atom is -0.466 e. The highest BCUT2D eigenvalue weighted by Crippen LogP contribution is 2.64. The monoisotopic (exact) mass is 458 g/mol. The molecule has 2 bridgehead atoms. The third-order valence-electron chi connectivity index (χ3n) is 7.20. The molecule has 1 amide bonds. The summed E-state index contributed by atoms with van der Waals surface area (Å²) in [6.45, 7) is 14.2. The number of benzene rings is 1. The quantitative estimate of drug-likeness (QED) is 0.563. The largest absolute Gasteiger partial charge is 0.466 e. The van der Waals surface area contributed by atoms with Gasteiger partial charge in [0.1, 0.15) is 5.60 Å². The van der Waals surface area contributed by atoms with Gasteiger partial charge in [0, 0.05) is 16.7 Å². The van der Waals surface area contributed by atoms with Crippen LogP contribution in [0.5, 0.6) is 0 Å². The normalized spacial score (nSPS) is 30.2. The maximum absolute atomic E-state index is 13.5. The fourth-order valence-electron chi connectivity index (χ4n) is 5.69. The summed E-state index contributed by atoms with van der Waals surface area (Å²) in [6, 6.07) is 7.84. The van der Waals surface area contributed by atoms with Crippen LogP contribution in [0.2, 0.25) is 0 Å². The van der Waals surface area contributed by atoms with Crippen LogP contribution in [0, 0.1) is 5.41 Å². The van der Waals surface area contributed by atoms with Crippen LogP contribution in [0.15, 0.2) is 29.3 Å². The number of nitrogens with zero attached hydrogens (tertiary/aromatic N) is 2. The first-order valence-corrected chi connectivity index (χ1v) is 12.3. The maximum atomic E-state index is 13.5. The van der Waals surface area contributed by atoms with Gasteiger partial charge in [-0.15, -0.1) is 11.8 Å². The molecule has 0 radical (unpaired) electrons. The van der Waals surface area contributed by atoms with Crippen LogP contribution < -0.4 is 0 Å². The molecule has 0 unspecified atom stereocenters. The Morgan fingerprint density at radius 1 is 1.25 bits per heavy atom. The van der Waals surface area contributed by atoms with Crippen LogP contribution in [0.25, 0.3) is 0 Å². The Morgan fingerprint density at radius 3 is 2.59 bits per heavy atom. The first kappa shape index (κ1) is 23.1. The number of amides is 1. The number of aliphatic imine (C=N–C) groups is 1.